The smallest absolute Gasteiger partial charge is 0.257 e. The molecule has 0 atom stereocenters. The first kappa shape index (κ1) is 7.98. The second kappa shape index (κ2) is 3.01. The SMILES string of the molecule is CCc1cccn2c(=O)ccnc12. The van der Waals surface area contributed by atoms with Crippen LogP contribution in [-0.4, -0.2) is 9.38 Å². The van der Waals surface area contributed by atoms with Gasteiger partial charge in [-0.1, -0.05) is 13.0 Å². The van der Waals surface area contributed by atoms with Crippen molar-refractivity contribution in [1.29, 1.82) is 0 Å². The lowest BCUT2D eigenvalue weighted by Crippen LogP contribution is -2.13. The van der Waals surface area contributed by atoms with Gasteiger partial charge in [-0.2, -0.15) is 0 Å². The van der Waals surface area contributed by atoms with Crippen LogP contribution < -0.4 is 5.56 Å². The topological polar surface area (TPSA) is 34.4 Å². The molecule has 66 valence electrons. The molecule has 0 amide bonds. The van der Waals surface area contributed by atoms with Gasteiger partial charge in [0.25, 0.3) is 5.56 Å². The minimum atomic E-state index is -0.0275. The molecule has 0 aliphatic heterocycles. The Labute approximate surface area is 75.7 Å². The Morgan fingerprint density at radius 3 is 3.08 bits per heavy atom. The first-order chi connectivity index (χ1) is 6.33. The molecule has 0 N–H and O–H groups in total. The van der Waals surface area contributed by atoms with Gasteiger partial charge in [-0.05, 0) is 18.1 Å². The highest BCUT2D eigenvalue weighted by atomic mass is 16.1. The van der Waals surface area contributed by atoms with Gasteiger partial charge in [0, 0.05) is 18.5 Å². The van der Waals surface area contributed by atoms with E-state index in [0.717, 1.165) is 17.6 Å². The Morgan fingerprint density at radius 1 is 1.46 bits per heavy atom. The van der Waals surface area contributed by atoms with E-state index in [1.807, 2.05) is 12.1 Å². The summed E-state index contributed by atoms with van der Waals surface area (Å²) in [5, 5.41) is 0. The van der Waals surface area contributed by atoms with Gasteiger partial charge in [0.05, 0.1) is 0 Å². The molecule has 0 fully saturated rings. The molecule has 0 bridgehead atoms. The molecule has 0 aromatic carbocycles. The first-order valence-corrected chi connectivity index (χ1v) is 4.28. The fourth-order valence-corrected chi connectivity index (χ4v) is 1.40. The van der Waals surface area contributed by atoms with Crippen molar-refractivity contribution in [3.8, 4) is 0 Å². The molecular weight excluding hydrogens is 164 g/mol. The Balaban J connectivity index is 2.92. The van der Waals surface area contributed by atoms with Crippen LogP contribution >= 0.6 is 0 Å². The van der Waals surface area contributed by atoms with E-state index in [1.54, 1.807) is 16.8 Å². The maximum absolute atomic E-state index is 11.4. The standard InChI is InChI=1S/C10H10N2O/c1-2-8-4-3-7-12-9(13)5-6-11-10(8)12/h3-7H,2H2,1H3. The van der Waals surface area contributed by atoms with Gasteiger partial charge in [-0.15, -0.1) is 0 Å². The average Bonchev–Trinajstić information content (AvgIpc) is 2.18. The maximum Gasteiger partial charge on any atom is 0.257 e. The Bertz CT molecular complexity index is 487. The van der Waals surface area contributed by atoms with E-state index in [9.17, 15) is 4.79 Å². The molecule has 0 spiro atoms. The van der Waals surface area contributed by atoms with Gasteiger partial charge >= 0.3 is 0 Å². The summed E-state index contributed by atoms with van der Waals surface area (Å²) in [5.74, 6) is 0. The molecule has 0 unspecified atom stereocenters. The van der Waals surface area contributed by atoms with Crippen molar-refractivity contribution in [3.63, 3.8) is 0 Å². The average molecular weight is 174 g/mol. The van der Waals surface area contributed by atoms with Crippen molar-refractivity contribution in [1.82, 2.24) is 9.38 Å². The second-order valence-electron chi connectivity index (χ2n) is 2.86. The summed E-state index contributed by atoms with van der Waals surface area (Å²) in [7, 11) is 0. The van der Waals surface area contributed by atoms with E-state index in [1.165, 1.54) is 6.07 Å². The van der Waals surface area contributed by atoms with E-state index < -0.39 is 0 Å². The summed E-state index contributed by atoms with van der Waals surface area (Å²) in [6.07, 6.45) is 4.18. The molecule has 0 saturated heterocycles. The molecule has 2 aromatic heterocycles. The molecule has 3 nitrogen and oxygen atoms in total. The zero-order valence-electron chi connectivity index (χ0n) is 7.40. The minimum absolute atomic E-state index is 0.0275. The summed E-state index contributed by atoms with van der Waals surface area (Å²) in [5.41, 5.74) is 1.83. The fourth-order valence-electron chi connectivity index (χ4n) is 1.40. The summed E-state index contributed by atoms with van der Waals surface area (Å²) >= 11 is 0. The molecule has 2 heterocycles. The predicted molar refractivity (Wildman–Crippen MR) is 50.8 cm³/mol. The highest BCUT2D eigenvalue weighted by molar-refractivity contribution is 5.46. The van der Waals surface area contributed by atoms with Crippen LogP contribution in [0.5, 0.6) is 0 Å². The quantitative estimate of drug-likeness (QED) is 0.652. The monoisotopic (exact) mass is 174 g/mol. The molecule has 3 heteroatoms. The highest BCUT2D eigenvalue weighted by Crippen LogP contribution is 2.05. The van der Waals surface area contributed by atoms with Crippen LogP contribution in [0.1, 0.15) is 12.5 Å². The van der Waals surface area contributed by atoms with Crippen molar-refractivity contribution in [3.05, 3.63) is 46.5 Å². The van der Waals surface area contributed by atoms with E-state index in [4.69, 9.17) is 0 Å². The van der Waals surface area contributed by atoms with Crippen molar-refractivity contribution in [2.75, 3.05) is 0 Å². The number of aryl methyl sites for hydroxylation is 1. The lowest BCUT2D eigenvalue weighted by Gasteiger charge is -2.02. The molecule has 0 aliphatic carbocycles. The molecule has 0 saturated carbocycles. The van der Waals surface area contributed by atoms with Gasteiger partial charge in [-0.25, -0.2) is 4.98 Å². The second-order valence-corrected chi connectivity index (χ2v) is 2.86. The Hall–Kier alpha value is -1.64. The third-order valence-electron chi connectivity index (χ3n) is 2.08. The van der Waals surface area contributed by atoms with E-state index in [2.05, 4.69) is 11.9 Å². The molecule has 0 aliphatic rings. The van der Waals surface area contributed by atoms with Gasteiger partial charge in [0.1, 0.15) is 5.65 Å². The van der Waals surface area contributed by atoms with E-state index in [0.29, 0.717) is 0 Å². The summed E-state index contributed by atoms with van der Waals surface area (Å²) < 4.78 is 1.57. The first-order valence-electron chi connectivity index (χ1n) is 4.28. The van der Waals surface area contributed by atoms with Crippen molar-refractivity contribution in [2.45, 2.75) is 13.3 Å². The fraction of sp³-hybridized carbons (Fsp3) is 0.200. The van der Waals surface area contributed by atoms with Gasteiger partial charge in [0.2, 0.25) is 0 Å². The van der Waals surface area contributed by atoms with Gasteiger partial charge < -0.3 is 0 Å². The lowest BCUT2D eigenvalue weighted by molar-refractivity contribution is 1.00. The summed E-state index contributed by atoms with van der Waals surface area (Å²) in [6, 6.07) is 5.32. The minimum Gasteiger partial charge on any atom is -0.269 e. The zero-order valence-corrected chi connectivity index (χ0v) is 7.40. The highest BCUT2D eigenvalue weighted by Gasteiger charge is 1.99. The largest absolute Gasteiger partial charge is 0.269 e. The number of hydrogen-bond acceptors (Lipinski definition) is 2. The maximum atomic E-state index is 11.4. The van der Waals surface area contributed by atoms with Crippen LogP contribution in [0, 0.1) is 0 Å². The normalized spacial score (nSPS) is 10.5. The van der Waals surface area contributed by atoms with Crippen LogP contribution in [0.3, 0.4) is 0 Å². The number of fused-ring (bicyclic) bond motifs is 1. The molecule has 2 aromatic rings. The summed E-state index contributed by atoms with van der Waals surface area (Å²) in [6.45, 7) is 2.05. The number of rotatable bonds is 1. The van der Waals surface area contributed by atoms with Gasteiger partial charge in [-0.3, -0.25) is 9.20 Å². The van der Waals surface area contributed by atoms with Crippen LogP contribution in [0.25, 0.3) is 5.65 Å². The van der Waals surface area contributed by atoms with Crippen molar-refractivity contribution < 1.29 is 0 Å². The molecule has 13 heavy (non-hydrogen) atoms. The lowest BCUT2D eigenvalue weighted by atomic mass is 10.2. The number of hydrogen-bond donors (Lipinski definition) is 0. The van der Waals surface area contributed by atoms with Crippen LogP contribution in [0.4, 0.5) is 0 Å². The molecular formula is C10H10N2O. The third-order valence-corrected chi connectivity index (χ3v) is 2.08. The summed E-state index contributed by atoms with van der Waals surface area (Å²) in [4.78, 5) is 15.5. The Morgan fingerprint density at radius 2 is 2.31 bits per heavy atom. The van der Waals surface area contributed by atoms with Gasteiger partial charge in [0.15, 0.2) is 0 Å². The van der Waals surface area contributed by atoms with Crippen LogP contribution in [0.15, 0.2) is 35.4 Å². The van der Waals surface area contributed by atoms with Crippen molar-refractivity contribution in [2.24, 2.45) is 0 Å². The van der Waals surface area contributed by atoms with E-state index >= 15 is 0 Å². The predicted octanol–water partition coefficient (Wildman–Crippen LogP) is 1.26. The van der Waals surface area contributed by atoms with Crippen molar-refractivity contribution >= 4 is 5.65 Å². The van der Waals surface area contributed by atoms with Crippen LogP contribution in [-0.2, 0) is 6.42 Å². The molecule has 0 radical (unpaired) electrons. The number of aromatic nitrogens is 2. The van der Waals surface area contributed by atoms with E-state index in [-0.39, 0.29) is 5.56 Å². The number of pyridine rings is 1. The Kier molecular flexibility index (Phi) is 1.85. The zero-order chi connectivity index (χ0) is 9.26. The van der Waals surface area contributed by atoms with Crippen LogP contribution in [0.2, 0.25) is 0 Å². The molecule has 2 rings (SSSR count). The third kappa shape index (κ3) is 1.22. The number of nitrogens with zero attached hydrogens (tertiary/aromatic N) is 2.